The summed E-state index contributed by atoms with van der Waals surface area (Å²) in [7, 11) is 3.67. The van der Waals surface area contributed by atoms with E-state index in [-0.39, 0.29) is 5.91 Å². The van der Waals surface area contributed by atoms with Crippen LogP contribution < -0.4 is 5.32 Å². The standard InChI is InChI=1S/C11H14N4O/c1-8-4-5-9(15(8)3)11(16)12-10-6-7-14(2)13-10/h4-7H,1-3H3,(H,12,13,16). The summed E-state index contributed by atoms with van der Waals surface area (Å²) in [6.45, 7) is 1.96. The normalized spacial score (nSPS) is 10.4. The lowest BCUT2D eigenvalue weighted by atomic mass is 10.4. The van der Waals surface area contributed by atoms with Gasteiger partial charge in [0.05, 0.1) is 0 Å². The van der Waals surface area contributed by atoms with Crippen molar-refractivity contribution in [2.24, 2.45) is 14.1 Å². The van der Waals surface area contributed by atoms with Crippen LogP contribution in [-0.4, -0.2) is 20.3 Å². The number of amides is 1. The summed E-state index contributed by atoms with van der Waals surface area (Å²) in [5.74, 6) is 0.417. The van der Waals surface area contributed by atoms with Gasteiger partial charge in [-0.05, 0) is 19.1 Å². The molecule has 16 heavy (non-hydrogen) atoms. The molecule has 0 aliphatic carbocycles. The number of hydrogen-bond acceptors (Lipinski definition) is 2. The first kappa shape index (κ1) is 10.5. The molecule has 0 radical (unpaired) electrons. The zero-order valence-electron chi connectivity index (χ0n) is 9.56. The molecule has 5 nitrogen and oxygen atoms in total. The SMILES string of the molecule is Cc1ccc(C(=O)Nc2ccn(C)n2)n1C. The van der Waals surface area contributed by atoms with Gasteiger partial charge in [-0.15, -0.1) is 0 Å². The minimum atomic E-state index is -0.144. The van der Waals surface area contributed by atoms with E-state index in [9.17, 15) is 4.79 Å². The molecule has 1 amide bonds. The molecular weight excluding hydrogens is 204 g/mol. The molecule has 0 bridgehead atoms. The van der Waals surface area contributed by atoms with E-state index in [1.807, 2.05) is 31.7 Å². The number of carbonyl (C=O) groups is 1. The van der Waals surface area contributed by atoms with Crippen LogP contribution in [0.5, 0.6) is 0 Å². The fraction of sp³-hybridized carbons (Fsp3) is 0.273. The summed E-state index contributed by atoms with van der Waals surface area (Å²) in [5.41, 5.74) is 1.68. The van der Waals surface area contributed by atoms with Crippen molar-refractivity contribution in [3.05, 3.63) is 35.8 Å². The van der Waals surface area contributed by atoms with Crippen LogP contribution in [0.15, 0.2) is 24.4 Å². The van der Waals surface area contributed by atoms with Gasteiger partial charge in [0.1, 0.15) is 5.69 Å². The smallest absolute Gasteiger partial charge is 0.273 e. The van der Waals surface area contributed by atoms with Crippen LogP contribution in [-0.2, 0) is 14.1 Å². The van der Waals surface area contributed by atoms with Crippen molar-refractivity contribution in [1.29, 1.82) is 0 Å². The number of rotatable bonds is 2. The van der Waals surface area contributed by atoms with E-state index in [0.717, 1.165) is 5.69 Å². The van der Waals surface area contributed by atoms with Crippen molar-refractivity contribution in [2.45, 2.75) is 6.92 Å². The molecule has 0 aliphatic heterocycles. The molecule has 0 fully saturated rings. The van der Waals surface area contributed by atoms with E-state index in [4.69, 9.17) is 0 Å². The van der Waals surface area contributed by atoms with Gasteiger partial charge in [0, 0.05) is 32.1 Å². The second-order valence-electron chi connectivity index (χ2n) is 3.75. The lowest BCUT2D eigenvalue weighted by Crippen LogP contribution is -2.16. The van der Waals surface area contributed by atoms with E-state index in [2.05, 4.69) is 10.4 Å². The first-order valence-corrected chi connectivity index (χ1v) is 5.01. The summed E-state index contributed by atoms with van der Waals surface area (Å²) in [5, 5.41) is 6.83. The molecule has 0 aromatic carbocycles. The quantitative estimate of drug-likeness (QED) is 0.826. The average molecular weight is 218 g/mol. The minimum absolute atomic E-state index is 0.144. The molecule has 2 rings (SSSR count). The van der Waals surface area contributed by atoms with E-state index in [1.165, 1.54) is 0 Å². The minimum Gasteiger partial charge on any atom is -0.344 e. The highest BCUT2D eigenvalue weighted by atomic mass is 16.2. The van der Waals surface area contributed by atoms with Crippen LogP contribution in [0.1, 0.15) is 16.2 Å². The van der Waals surface area contributed by atoms with Gasteiger partial charge in [-0.3, -0.25) is 9.48 Å². The zero-order valence-corrected chi connectivity index (χ0v) is 9.56. The van der Waals surface area contributed by atoms with Gasteiger partial charge in [-0.2, -0.15) is 5.10 Å². The molecule has 0 atom stereocenters. The number of nitrogens with zero attached hydrogens (tertiary/aromatic N) is 3. The molecule has 0 saturated heterocycles. The predicted octanol–water partition coefficient (Wildman–Crippen LogP) is 1.32. The Morgan fingerprint density at radius 3 is 2.56 bits per heavy atom. The lowest BCUT2D eigenvalue weighted by molar-refractivity contribution is 0.101. The van der Waals surface area contributed by atoms with Gasteiger partial charge >= 0.3 is 0 Å². The fourth-order valence-corrected chi connectivity index (χ4v) is 1.50. The number of anilines is 1. The summed E-state index contributed by atoms with van der Waals surface area (Å²) in [6.07, 6.45) is 1.78. The largest absolute Gasteiger partial charge is 0.344 e. The molecule has 0 aliphatic rings. The Labute approximate surface area is 93.7 Å². The van der Waals surface area contributed by atoms with Gasteiger partial charge < -0.3 is 9.88 Å². The Balaban J connectivity index is 2.18. The second-order valence-corrected chi connectivity index (χ2v) is 3.75. The molecular formula is C11H14N4O. The lowest BCUT2D eigenvalue weighted by Gasteiger charge is -2.04. The molecule has 1 N–H and O–H groups in total. The van der Waals surface area contributed by atoms with Crippen molar-refractivity contribution in [1.82, 2.24) is 14.3 Å². The van der Waals surface area contributed by atoms with Crippen LogP contribution in [0.3, 0.4) is 0 Å². The fourth-order valence-electron chi connectivity index (χ4n) is 1.50. The number of aryl methyl sites for hydroxylation is 2. The highest BCUT2D eigenvalue weighted by Gasteiger charge is 2.11. The van der Waals surface area contributed by atoms with Gasteiger partial charge in [0.15, 0.2) is 5.82 Å². The number of aromatic nitrogens is 3. The van der Waals surface area contributed by atoms with Crippen LogP contribution in [0, 0.1) is 6.92 Å². The first-order chi connectivity index (χ1) is 7.58. The van der Waals surface area contributed by atoms with Crippen LogP contribution in [0.25, 0.3) is 0 Å². The maximum Gasteiger partial charge on any atom is 0.273 e. The summed E-state index contributed by atoms with van der Waals surface area (Å²) in [6, 6.07) is 5.47. The van der Waals surface area contributed by atoms with Crippen molar-refractivity contribution >= 4 is 11.7 Å². The summed E-state index contributed by atoms with van der Waals surface area (Å²) < 4.78 is 3.49. The van der Waals surface area contributed by atoms with Crippen molar-refractivity contribution in [3.8, 4) is 0 Å². The topological polar surface area (TPSA) is 51.9 Å². The third-order valence-electron chi connectivity index (χ3n) is 2.56. The van der Waals surface area contributed by atoms with E-state index >= 15 is 0 Å². The molecule has 84 valence electrons. The first-order valence-electron chi connectivity index (χ1n) is 5.01. The molecule has 0 saturated carbocycles. The number of nitrogens with one attached hydrogen (secondary N) is 1. The Bertz CT molecular complexity index is 524. The molecule has 5 heteroatoms. The van der Waals surface area contributed by atoms with Crippen molar-refractivity contribution in [3.63, 3.8) is 0 Å². The molecule has 2 heterocycles. The highest BCUT2D eigenvalue weighted by Crippen LogP contribution is 2.09. The number of carbonyl (C=O) groups excluding carboxylic acids is 1. The number of hydrogen-bond donors (Lipinski definition) is 1. The van der Waals surface area contributed by atoms with E-state index < -0.39 is 0 Å². The molecule has 2 aromatic heterocycles. The van der Waals surface area contributed by atoms with Crippen molar-refractivity contribution < 1.29 is 4.79 Å². The molecule has 2 aromatic rings. The van der Waals surface area contributed by atoms with Crippen LogP contribution in [0.2, 0.25) is 0 Å². The van der Waals surface area contributed by atoms with E-state index in [1.54, 1.807) is 23.0 Å². The molecule has 0 spiro atoms. The summed E-state index contributed by atoms with van der Waals surface area (Å²) >= 11 is 0. The Kier molecular flexibility index (Phi) is 2.52. The highest BCUT2D eigenvalue weighted by molar-refractivity contribution is 6.02. The van der Waals surface area contributed by atoms with Gasteiger partial charge in [-0.25, -0.2) is 0 Å². The van der Waals surface area contributed by atoms with E-state index in [0.29, 0.717) is 11.5 Å². The monoisotopic (exact) mass is 218 g/mol. The van der Waals surface area contributed by atoms with Crippen LogP contribution >= 0.6 is 0 Å². The average Bonchev–Trinajstić information content (AvgIpc) is 2.76. The predicted molar refractivity (Wildman–Crippen MR) is 61.3 cm³/mol. The Hall–Kier alpha value is -2.04. The van der Waals surface area contributed by atoms with Gasteiger partial charge in [0.25, 0.3) is 5.91 Å². The third kappa shape index (κ3) is 1.84. The summed E-state index contributed by atoms with van der Waals surface area (Å²) in [4.78, 5) is 11.9. The van der Waals surface area contributed by atoms with Crippen molar-refractivity contribution in [2.75, 3.05) is 5.32 Å². The van der Waals surface area contributed by atoms with Crippen LogP contribution in [0.4, 0.5) is 5.82 Å². The Morgan fingerprint density at radius 2 is 2.06 bits per heavy atom. The molecule has 0 unspecified atom stereocenters. The second kappa shape index (κ2) is 3.84. The van der Waals surface area contributed by atoms with Gasteiger partial charge in [0.2, 0.25) is 0 Å². The van der Waals surface area contributed by atoms with Gasteiger partial charge in [-0.1, -0.05) is 0 Å². The maximum absolute atomic E-state index is 11.9. The Morgan fingerprint density at radius 1 is 1.31 bits per heavy atom. The maximum atomic E-state index is 11.9. The third-order valence-corrected chi connectivity index (χ3v) is 2.56. The zero-order chi connectivity index (χ0) is 11.7.